The lowest BCUT2D eigenvalue weighted by atomic mass is 10.2. The van der Waals surface area contributed by atoms with Gasteiger partial charge in [-0.25, -0.2) is 29.4 Å². The third-order valence-electron chi connectivity index (χ3n) is 3.64. The first-order valence-corrected chi connectivity index (χ1v) is 8.43. The highest BCUT2D eigenvalue weighted by atomic mass is 16.8. The maximum absolute atomic E-state index is 11.9. The molecule has 0 unspecified atom stereocenters. The molecule has 0 aromatic heterocycles. The Balaban J connectivity index is 1.62. The van der Waals surface area contributed by atoms with E-state index >= 15 is 0 Å². The lowest BCUT2D eigenvalue weighted by Gasteiger charge is -2.21. The van der Waals surface area contributed by atoms with Crippen LogP contribution in [0.1, 0.15) is 11.1 Å². The van der Waals surface area contributed by atoms with Crippen LogP contribution in [0.15, 0.2) is 60.7 Å². The van der Waals surface area contributed by atoms with Gasteiger partial charge < -0.3 is 10.6 Å². The average Bonchev–Trinajstić information content (AvgIpc) is 2.71. The molecule has 144 valence electrons. The predicted octanol–water partition coefficient (Wildman–Crippen LogP) is 2.49. The second kappa shape index (κ2) is 10.8. The Kier molecular flexibility index (Phi) is 8.08. The highest BCUT2D eigenvalue weighted by molar-refractivity contribution is 5.73. The number of urea groups is 2. The molecule has 0 atom stereocenters. The molecule has 2 aromatic carbocycles. The zero-order valence-corrected chi connectivity index (χ0v) is 15.4. The van der Waals surface area contributed by atoms with E-state index in [2.05, 4.69) is 10.6 Å². The van der Waals surface area contributed by atoms with Gasteiger partial charge in [-0.2, -0.15) is 0 Å². The van der Waals surface area contributed by atoms with E-state index in [1.807, 2.05) is 60.7 Å². The number of hydroxylamine groups is 4. The van der Waals surface area contributed by atoms with Gasteiger partial charge in [-0.15, -0.1) is 0 Å². The lowest BCUT2D eigenvalue weighted by molar-refractivity contribution is -0.247. The fourth-order valence-electron chi connectivity index (χ4n) is 2.07. The van der Waals surface area contributed by atoms with Crippen molar-refractivity contribution >= 4 is 12.1 Å². The largest absolute Gasteiger partial charge is 0.341 e. The second-order valence-electron chi connectivity index (χ2n) is 5.66. The molecule has 8 nitrogen and oxygen atoms in total. The Morgan fingerprint density at radius 3 is 1.48 bits per heavy atom. The quantitative estimate of drug-likeness (QED) is 0.551. The van der Waals surface area contributed by atoms with Crippen LogP contribution in [0.4, 0.5) is 9.59 Å². The summed E-state index contributed by atoms with van der Waals surface area (Å²) in [6, 6.07) is 18.2. The van der Waals surface area contributed by atoms with Crippen molar-refractivity contribution in [1.82, 2.24) is 20.8 Å². The van der Waals surface area contributed by atoms with Gasteiger partial charge in [-0.1, -0.05) is 60.7 Å². The minimum absolute atomic E-state index is 0.287. The van der Waals surface area contributed by atoms with Crippen molar-refractivity contribution in [2.45, 2.75) is 13.1 Å². The summed E-state index contributed by atoms with van der Waals surface area (Å²) in [4.78, 5) is 34.2. The Bertz CT molecular complexity index is 651. The normalized spacial score (nSPS) is 10.1. The summed E-state index contributed by atoms with van der Waals surface area (Å²) in [5.74, 6) is 0. The molecule has 0 saturated carbocycles. The summed E-state index contributed by atoms with van der Waals surface area (Å²) >= 11 is 0. The van der Waals surface area contributed by atoms with E-state index in [1.54, 1.807) is 0 Å². The highest BCUT2D eigenvalue weighted by Crippen LogP contribution is 2.00. The molecular weight excluding hydrogens is 348 g/mol. The monoisotopic (exact) mass is 372 g/mol. The van der Waals surface area contributed by atoms with Gasteiger partial charge in [0.2, 0.25) is 0 Å². The average molecular weight is 372 g/mol. The lowest BCUT2D eigenvalue weighted by Crippen LogP contribution is -2.40. The van der Waals surface area contributed by atoms with Gasteiger partial charge in [-0.05, 0) is 11.1 Å². The molecular formula is C19H24N4O4. The number of nitrogens with one attached hydrogen (secondary N) is 2. The van der Waals surface area contributed by atoms with Gasteiger partial charge >= 0.3 is 12.1 Å². The number of rotatable bonds is 8. The molecule has 27 heavy (non-hydrogen) atoms. The van der Waals surface area contributed by atoms with Gasteiger partial charge in [-0.3, -0.25) is 0 Å². The van der Waals surface area contributed by atoms with Gasteiger partial charge in [0, 0.05) is 27.2 Å². The zero-order valence-electron chi connectivity index (χ0n) is 15.4. The van der Waals surface area contributed by atoms with Crippen molar-refractivity contribution < 1.29 is 19.3 Å². The first-order valence-electron chi connectivity index (χ1n) is 8.43. The summed E-state index contributed by atoms with van der Waals surface area (Å²) in [5, 5.41) is 7.45. The van der Waals surface area contributed by atoms with Crippen molar-refractivity contribution in [2.24, 2.45) is 0 Å². The molecule has 2 N–H and O–H groups in total. The first-order chi connectivity index (χ1) is 13.1. The molecule has 2 aromatic rings. The number of carbonyl (C=O) groups excluding carboxylic acids is 2. The number of nitrogens with zero attached hydrogens (tertiary/aromatic N) is 2. The van der Waals surface area contributed by atoms with Crippen LogP contribution in [0.25, 0.3) is 0 Å². The molecule has 0 heterocycles. The fourth-order valence-corrected chi connectivity index (χ4v) is 2.07. The summed E-state index contributed by atoms with van der Waals surface area (Å²) in [6.45, 7) is 0.483. The van der Waals surface area contributed by atoms with Gasteiger partial charge in [0.15, 0.2) is 6.79 Å². The van der Waals surface area contributed by atoms with Crippen LogP contribution in [-0.4, -0.2) is 43.1 Å². The van der Waals surface area contributed by atoms with Crippen LogP contribution in [-0.2, 0) is 22.8 Å². The summed E-state index contributed by atoms with van der Waals surface area (Å²) in [7, 11) is 2.92. The van der Waals surface area contributed by atoms with Crippen molar-refractivity contribution in [2.75, 3.05) is 20.9 Å². The van der Waals surface area contributed by atoms with Crippen LogP contribution < -0.4 is 10.6 Å². The van der Waals surface area contributed by atoms with Crippen LogP contribution in [0, 0.1) is 0 Å². The Morgan fingerprint density at radius 2 is 1.11 bits per heavy atom. The third kappa shape index (κ3) is 7.35. The highest BCUT2D eigenvalue weighted by Gasteiger charge is 2.12. The van der Waals surface area contributed by atoms with E-state index in [-0.39, 0.29) is 6.79 Å². The molecule has 0 bridgehead atoms. The SMILES string of the molecule is CN(OCON(C)C(=O)NCc1ccccc1)C(=O)NCc1ccccc1. The number of amides is 4. The van der Waals surface area contributed by atoms with E-state index in [0.29, 0.717) is 13.1 Å². The molecule has 4 amide bonds. The van der Waals surface area contributed by atoms with Gasteiger partial charge in [0.05, 0.1) is 0 Å². The molecule has 0 radical (unpaired) electrons. The molecule has 0 spiro atoms. The van der Waals surface area contributed by atoms with Crippen LogP contribution >= 0.6 is 0 Å². The van der Waals surface area contributed by atoms with E-state index in [4.69, 9.17) is 9.68 Å². The molecule has 2 rings (SSSR count). The van der Waals surface area contributed by atoms with Crippen molar-refractivity contribution in [3.8, 4) is 0 Å². The van der Waals surface area contributed by atoms with Gasteiger partial charge in [0.1, 0.15) is 0 Å². The number of carbonyl (C=O) groups is 2. The Hall–Kier alpha value is -3.10. The van der Waals surface area contributed by atoms with Crippen LogP contribution in [0.3, 0.4) is 0 Å². The summed E-state index contributed by atoms with van der Waals surface area (Å²) in [5.41, 5.74) is 1.95. The topological polar surface area (TPSA) is 83.1 Å². The maximum Gasteiger partial charge on any atom is 0.341 e. The number of hydrogen-bond acceptors (Lipinski definition) is 4. The van der Waals surface area contributed by atoms with Crippen molar-refractivity contribution in [3.05, 3.63) is 71.8 Å². The number of hydrogen-bond donors (Lipinski definition) is 2. The Morgan fingerprint density at radius 1 is 0.741 bits per heavy atom. The van der Waals surface area contributed by atoms with E-state index in [1.165, 1.54) is 14.1 Å². The van der Waals surface area contributed by atoms with Crippen LogP contribution in [0.5, 0.6) is 0 Å². The zero-order chi connectivity index (χ0) is 19.5. The smallest absolute Gasteiger partial charge is 0.332 e. The van der Waals surface area contributed by atoms with E-state index in [0.717, 1.165) is 21.3 Å². The molecule has 0 aliphatic rings. The molecule has 0 aliphatic heterocycles. The third-order valence-corrected chi connectivity index (χ3v) is 3.64. The summed E-state index contributed by atoms with van der Waals surface area (Å²) in [6.07, 6.45) is 0. The second-order valence-corrected chi connectivity index (χ2v) is 5.66. The Labute approximate surface area is 158 Å². The first kappa shape index (κ1) is 20.2. The van der Waals surface area contributed by atoms with Crippen molar-refractivity contribution in [3.63, 3.8) is 0 Å². The fraction of sp³-hybridized carbons (Fsp3) is 0.263. The summed E-state index contributed by atoms with van der Waals surface area (Å²) < 4.78 is 0. The van der Waals surface area contributed by atoms with E-state index in [9.17, 15) is 9.59 Å². The maximum atomic E-state index is 11.9. The van der Waals surface area contributed by atoms with Gasteiger partial charge in [0.25, 0.3) is 0 Å². The minimum atomic E-state index is -0.418. The van der Waals surface area contributed by atoms with Crippen LogP contribution in [0.2, 0.25) is 0 Å². The van der Waals surface area contributed by atoms with E-state index < -0.39 is 12.1 Å². The molecule has 0 aliphatic carbocycles. The standard InChI is InChI=1S/C19H24N4O4/c1-22(18(24)20-13-16-9-5-3-6-10-16)26-15-27-23(2)19(25)21-14-17-11-7-4-8-12-17/h3-12H,13-15H2,1-2H3,(H,20,24)(H,21,25). The number of benzene rings is 2. The molecule has 8 heteroatoms. The van der Waals surface area contributed by atoms with Crippen molar-refractivity contribution in [1.29, 1.82) is 0 Å². The predicted molar refractivity (Wildman–Crippen MR) is 99.9 cm³/mol. The molecule has 0 saturated heterocycles. The minimum Gasteiger partial charge on any atom is -0.332 e. The molecule has 0 fully saturated rings.